The summed E-state index contributed by atoms with van der Waals surface area (Å²) in [6, 6.07) is 3.66. The van der Waals surface area contributed by atoms with Crippen LogP contribution in [-0.2, 0) is 0 Å². The number of carbonyl (C=O) groups is 1. The van der Waals surface area contributed by atoms with E-state index in [1.54, 1.807) is 12.1 Å². The smallest absolute Gasteiger partial charge is 0.251 e. The number of pyridine rings is 1. The minimum absolute atomic E-state index is 0.0497. The first-order valence-electron chi connectivity index (χ1n) is 7.26. The normalized spacial score (nSPS) is 17.1. The quantitative estimate of drug-likeness (QED) is 0.869. The van der Waals surface area contributed by atoms with Gasteiger partial charge < -0.3 is 10.2 Å². The van der Waals surface area contributed by atoms with Crippen molar-refractivity contribution in [2.24, 2.45) is 0 Å². The van der Waals surface area contributed by atoms with E-state index in [0.29, 0.717) is 10.7 Å². The summed E-state index contributed by atoms with van der Waals surface area (Å²) in [7, 11) is 0. The van der Waals surface area contributed by atoms with Crippen LogP contribution in [0.15, 0.2) is 12.1 Å². The number of hydrogen-bond donors (Lipinski definition) is 1. The molecule has 0 radical (unpaired) electrons. The number of piperidine rings is 1. The van der Waals surface area contributed by atoms with Gasteiger partial charge in [0.05, 0.1) is 0 Å². The lowest BCUT2D eigenvalue weighted by atomic mass is 10.0. The molecule has 20 heavy (non-hydrogen) atoms. The molecule has 1 fully saturated rings. The van der Waals surface area contributed by atoms with Crippen molar-refractivity contribution < 1.29 is 4.79 Å². The molecule has 1 aliphatic rings. The Morgan fingerprint density at radius 2 is 2.15 bits per heavy atom. The van der Waals surface area contributed by atoms with Crippen molar-refractivity contribution in [3.63, 3.8) is 0 Å². The van der Waals surface area contributed by atoms with Gasteiger partial charge in [-0.3, -0.25) is 4.79 Å². The lowest BCUT2D eigenvalue weighted by molar-refractivity contribution is 0.0911. The standard InChI is InChI=1S/C15H22ClN3O/c1-3-6-19-7-4-13(5-8-19)18-15(20)12-9-11(2)17-14(16)10-12/h9-10,13H,3-8H2,1-2H3,(H,18,20). The Morgan fingerprint density at radius 3 is 2.75 bits per heavy atom. The zero-order valence-corrected chi connectivity index (χ0v) is 12.9. The Kier molecular flexibility index (Phi) is 5.38. The van der Waals surface area contributed by atoms with Crippen LogP contribution in [0.3, 0.4) is 0 Å². The van der Waals surface area contributed by atoms with E-state index in [1.165, 1.54) is 6.42 Å². The van der Waals surface area contributed by atoms with Crippen LogP contribution in [0.25, 0.3) is 0 Å². The second-order valence-electron chi connectivity index (χ2n) is 5.41. The number of nitrogens with one attached hydrogen (secondary N) is 1. The summed E-state index contributed by atoms with van der Waals surface area (Å²) < 4.78 is 0. The lowest BCUT2D eigenvalue weighted by Gasteiger charge is -2.32. The maximum Gasteiger partial charge on any atom is 0.251 e. The molecular weight excluding hydrogens is 274 g/mol. The van der Waals surface area contributed by atoms with Crippen molar-refractivity contribution in [2.45, 2.75) is 39.2 Å². The summed E-state index contributed by atoms with van der Waals surface area (Å²) in [5.41, 5.74) is 1.36. The highest BCUT2D eigenvalue weighted by Crippen LogP contribution is 2.14. The average molecular weight is 296 g/mol. The monoisotopic (exact) mass is 295 g/mol. The number of hydrogen-bond acceptors (Lipinski definition) is 3. The molecule has 0 spiro atoms. The van der Waals surface area contributed by atoms with Crippen LogP contribution in [0.5, 0.6) is 0 Å². The third kappa shape index (κ3) is 4.18. The van der Waals surface area contributed by atoms with Gasteiger partial charge in [-0.25, -0.2) is 4.98 Å². The number of aromatic nitrogens is 1. The van der Waals surface area contributed by atoms with Gasteiger partial charge in [0, 0.05) is 30.4 Å². The number of amides is 1. The molecule has 2 heterocycles. The van der Waals surface area contributed by atoms with E-state index in [9.17, 15) is 4.79 Å². The number of rotatable bonds is 4. The van der Waals surface area contributed by atoms with Crippen molar-refractivity contribution in [2.75, 3.05) is 19.6 Å². The molecule has 110 valence electrons. The third-order valence-electron chi connectivity index (χ3n) is 3.65. The molecule has 0 saturated carbocycles. The summed E-state index contributed by atoms with van der Waals surface area (Å²) in [4.78, 5) is 18.7. The number of likely N-dealkylation sites (tertiary alicyclic amines) is 1. The minimum Gasteiger partial charge on any atom is -0.349 e. The van der Waals surface area contributed by atoms with E-state index < -0.39 is 0 Å². The van der Waals surface area contributed by atoms with Gasteiger partial charge in [0.2, 0.25) is 0 Å². The molecule has 1 aromatic heterocycles. The zero-order valence-electron chi connectivity index (χ0n) is 12.2. The van der Waals surface area contributed by atoms with Crippen molar-refractivity contribution in [3.8, 4) is 0 Å². The van der Waals surface area contributed by atoms with Crippen LogP contribution in [0.4, 0.5) is 0 Å². The predicted octanol–water partition coefficient (Wildman–Crippen LogP) is 2.65. The van der Waals surface area contributed by atoms with E-state index in [4.69, 9.17) is 11.6 Å². The Hall–Kier alpha value is -1.13. The third-order valence-corrected chi connectivity index (χ3v) is 3.84. The van der Waals surface area contributed by atoms with Gasteiger partial charge in [-0.15, -0.1) is 0 Å². The molecule has 1 amide bonds. The van der Waals surface area contributed by atoms with Crippen molar-refractivity contribution in [1.82, 2.24) is 15.2 Å². The molecule has 0 unspecified atom stereocenters. The fourth-order valence-electron chi connectivity index (χ4n) is 2.65. The largest absolute Gasteiger partial charge is 0.349 e. The Labute approximate surface area is 125 Å². The fourth-order valence-corrected chi connectivity index (χ4v) is 2.90. The predicted molar refractivity (Wildman–Crippen MR) is 81.2 cm³/mol. The van der Waals surface area contributed by atoms with Crippen molar-refractivity contribution >= 4 is 17.5 Å². The Bertz CT molecular complexity index is 450. The van der Waals surface area contributed by atoms with Crippen molar-refractivity contribution in [3.05, 3.63) is 28.5 Å². The molecular formula is C15H22ClN3O. The minimum atomic E-state index is -0.0497. The number of halogens is 1. The molecule has 1 aliphatic heterocycles. The molecule has 1 saturated heterocycles. The maximum absolute atomic E-state index is 12.2. The van der Waals surface area contributed by atoms with E-state index in [-0.39, 0.29) is 11.9 Å². The second kappa shape index (κ2) is 7.04. The van der Waals surface area contributed by atoms with Gasteiger partial charge in [-0.1, -0.05) is 18.5 Å². The van der Waals surface area contributed by atoms with Gasteiger partial charge in [-0.05, 0) is 44.9 Å². The van der Waals surface area contributed by atoms with Crippen LogP contribution in [0.1, 0.15) is 42.2 Å². The molecule has 0 bridgehead atoms. The van der Waals surface area contributed by atoms with Crippen LogP contribution >= 0.6 is 11.6 Å². The molecule has 0 aliphatic carbocycles. The van der Waals surface area contributed by atoms with E-state index in [2.05, 4.69) is 22.1 Å². The maximum atomic E-state index is 12.2. The van der Waals surface area contributed by atoms with Gasteiger partial charge in [0.15, 0.2) is 0 Å². The zero-order chi connectivity index (χ0) is 14.5. The molecule has 5 heteroatoms. The van der Waals surface area contributed by atoms with E-state index in [1.807, 2.05) is 6.92 Å². The lowest BCUT2D eigenvalue weighted by Crippen LogP contribution is -2.44. The molecule has 0 aromatic carbocycles. The van der Waals surface area contributed by atoms with E-state index in [0.717, 1.165) is 38.2 Å². The summed E-state index contributed by atoms with van der Waals surface area (Å²) in [5, 5.41) is 3.47. The van der Waals surface area contributed by atoms with Gasteiger partial charge in [0.1, 0.15) is 5.15 Å². The number of aryl methyl sites for hydroxylation is 1. The summed E-state index contributed by atoms with van der Waals surface area (Å²) in [5.74, 6) is -0.0497. The highest BCUT2D eigenvalue weighted by Gasteiger charge is 2.20. The average Bonchev–Trinajstić information content (AvgIpc) is 2.40. The SMILES string of the molecule is CCCN1CCC(NC(=O)c2cc(C)nc(Cl)c2)CC1. The Morgan fingerprint density at radius 1 is 1.45 bits per heavy atom. The Balaban J connectivity index is 1.89. The van der Waals surface area contributed by atoms with E-state index >= 15 is 0 Å². The van der Waals surface area contributed by atoms with Crippen LogP contribution in [0, 0.1) is 6.92 Å². The van der Waals surface area contributed by atoms with Gasteiger partial charge in [-0.2, -0.15) is 0 Å². The topological polar surface area (TPSA) is 45.2 Å². The first-order chi connectivity index (χ1) is 9.58. The summed E-state index contributed by atoms with van der Waals surface area (Å²) in [6.07, 6.45) is 3.22. The van der Waals surface area contributed by atoms with Crippen LogP contribution < -0.4 is 5.32 Å². The number of carbonyl (C=O) groups excluding carboxylic acids is 1. The molecule has 1 aromatic rings. The first kappa shape index (κ1) is 15.3. The highest BCUT2D eigenvalue weighted by atomic mass is 35.5. The molecule has 1 N–H and O–H groups in total. The molecule has 2 rings (SSSR count). The number of nitrogens with zero attached hydrogens (tertiary/aromatic N) is 2. The summed E-state index contributed by atoms with van der Waals surface area (Å²) >= 11 is 5.89. The first-order valence-corrected chi connectivity index (χ1v) is 7.63. The summed E-state index contributed by atoms with van der Waals surface area (Å²) in [6.45, 7) is 7.32. The molecule has 4 nitrogen and oxygen atoms in total. The van der Waals surface area contributed by atoms with Crippen LogP contribution in [0.2, 0.25) is 5.15 Å². The highest BCUT2D eigenvalue weighted by molar-refractivity contribution is 6.29. The fraction of sp³-hybridized carbons (Fsp3) is 0.600. The van der Waals surface area contributed by atoms with Gasteiger partial charge >= 0.3 is 0 Å². The second-order valence-corrected chi connectivity index (χ2v) is 5.80. The van der Waals surface area contributed by atoms with Crippen molar-refractivity contribution in [1.29, 1.82) is 0 Å². The van der Waals surface area contributed by atoms with Gasteiger partial charge in [0.25, 0.3) is 5.91 Å². The molecule has 0 atom stereocenters. The van der Waals surface area contributed by atoms with Crippen LogP contribution in [-0.4, -0.2) is 41.5 Å².